The van der Waals surface area contributed by atoms with Crippen molar-refractivity contribution in [2.24, 2.45) is 7.05 Å². The molecule has 0 unspecified atom stereocenters. The van der Waals surface area contributed by atoms with Gasteiger partial charge in [-0.1, -0.05) is 17.3 Å². The van der Waals surface area contributed by atoms with Gasteiger partial charge in [-0.05, 0) is 36.4 Å². The smallest absolute Gasteiger partial charge is 0.378 e. The Kier molecular flexibility index (Phi) is 3.38. The number of imidazole rings is 1. The lowest BCUT2D eigenvalue weighted by Crippen LogP contribution is -2.05. The zero-order valence-corrected chi connectivity index (χ0v) is 13.0. The van der Waals surface area contributed by atoms with Gasteiger partial charge in [-0.25, -0.2) is 9.78 Å². The number of anilines is 1. The number of nitrogens with one attached hydrogen (secondary N) is 2. The number of para-hydroxylation sites is 2. The second-order valence-corrected chi connectivity index (χ2v) is 5.45. The molecule has 2 heterocycles. The van der Waals surface area contributed by atoms with Crippen molar-refractivity contribution in [1.29, 1.82) is 0 Å². The second-order valence-electron chi connectivity index (χ2n) is 5.45. The number of nitrogens with zero attached hydrogens (tertiary/aromatic N) is 3. The lowest BCUT2D eigenvalue weighted by atomic mass is 10.2. The summed E-state index contributed by atoms with van der Waals surface area (Å²) in [7, 11) is 2.01. The first kappa shape index (κ1) is 14.3. The molecule has 4 rings (SSSR count). The summed E-state index contributed by atoms with van der Waals surface area (Å²) in [5, 5.41) is 7.02. The average Bonchev–Trinajstić information content (AvgIpc) is 3.18. The topological polar surface area (TPSA) is 88.7 Å². The molecule has 0 aliphatic carbocycles. The number of hydrogen-bond acceptors (Lipinski definition) is 5. The predicted molar refractivity (Wildman–Crippen MR) is 90.6 cm³/mol. The largest absolute Gasteiger partial charge is 0.439 e. The lowest BCUT2D eigenvalue weighted by Gasteiger charge is -2.07. The standard InChI is InChI=1S/C17H15N5O2/c1-22-14-5-3-2-4-13(14)19-15(22)10-18-12-8-6-11(7-9-12)16-20-17(23)24-21-16/h2-9,18H,10H2,1H3,(H,20,21,23). The molecule has 2 N–H and O–H groups in total. The Morgan fingerprint density at radius 3 is 2.67 bits per heavy atom. The van der Waals surface area contributed by atoms with Crippen molar-refractivity contribution in [3.05, 3.63) is 64.9 Å². The highest BCUT2D eigenvalue weighted by molar-refractivity contribution is 5.75. The fraction of sp³-hybridized carbons (Fsp3) is 0.118. The molecule has 24 heavy (non-hydrogen) atoms. The molecule has 0 saturated heterocycles. The molecule has 2 aromatic carbocycles. The summed E-state index contributed by atoms with van der Waals surface area (Å²) in [4.78, 5) is 18.1. The number of benzene rings is 2. The monoisotopic (exact) mass is 321 g/mol. The van der Waals surface area contributed by atoms with Gasteiger partial charge in [-0.15, -0.1) is 0 Å². The molecule has 0 aliphatic rings. The molecule has 0 amide bonds. The van der Waals surface area contributed by atoms with Gasteiger partial charge in [0.05, 0.1) is 17.6 Å². The number of fused-ring (bicyclic) bond motifs is 1. The van der Waals surface area contributed by atoms with Gasteiger partial charge in [0.1, 0.15) is 5.82 Å². The lowest BCUT2D eigenvalue weighted by molar-refractivity contribution is 0.388. The van der Waals surface area contributed by atoms with Crippen molar-refractivity contribution in [1.82, 2.24) is 19.7 Å². The summed E-state index contributed by atoms with van der Waals surface area (Å²) in [5.74, 6) is 0.817. The zero-order chi connectivity index (χ0) is 16.5. The van der Waals surface area contributed by atoms with Crippen molar-refractivity contribution >= 4 is 16.7 Å². The van der Waals surface area contributed by atoms with Crippen LogP contribution in [0.25, 0.3) is 22.4 Å². The van der Waals surface area contributed by atoms with Crippen molar-refractivity contribution in [3.8, 4) is 11.4 Å². The van der Waals surface area contributed by atoms with Crippen LogP contribution in [0.2, 0.25) is 0 Å². The Balaban J connectivity index is 1.51. The fourth-order valence-corrected chi connectivity index (χ4v) is 2.63. The third kappa shape index (κ3) is 2.56. The first-order valence-corrected chi connectivity index (χ1v) is 7.51. The van der Waals surface area contributed by atoms with Crippen LogP contribution in [-0.4, -0.2) is 19.7 Å². The molecule has 0 radical (unpaired) electrons. The van der Waals surface area contributed by atoms with Gasteiger partial charge in [0.15, 0.2) is 5.82 Å². The zero-order valence-electron chi connectivity index (χ0n) is 13.0. The minimum absolute atomic E-state index is 0.418. The first-order chi connectivity index (χ1) is 11.7. The van der Waals surface area contributed by atoms with E-state index in [1.807, 2.05) is 49.5 Å². The van der Waals surface area contributed by atoms with Crippen LogP contribution in [-0.2, 0) is 13.6 Å². The van der Waals surface area contributed by atoms with Gasteiger partial charge in [0.2, 0.25) is 0 Å². The molecule has 0 fully saturated rings. The SMILES string of the molecule is Cn1c(CNc2ccc(-c3noc(=O)[nH]3)cc2)nc2ccccc21. The molecule has 0 bridgehead atoms. The van der Waals surface area contributed by atoms with Crippen LogP contribution in [0.1, 0.15) is 5.82 Å². The highest BCUT2D eigenvalue weighted by Gasteiger charge is 2.07. The molecule has 2 aromatic heterocycles. The molecule has 0 saturated carbocycles. The summed E-state index contributed by atoms with van der Waals surface area (Å²) in [5.41, 5.74) is 3.84. The van der Waals surface area contributed by atoms with E-state index in [1.165, 1.54) is 0 Å². The number of hydrogen-bond donors (Lipinski definition) is 2. The Morgan fingerprint density at radius 2 is 1.96 bits per heavy atom. The van der Waals surface area contributed by atoms with Crippen LogP contribution in [0.5, 0.6) is 0 Å². The molecule has 7 heteroatoms. The molecule has 0 atom stereocenters. The van der Waals surface area contributed by atoms with Crippen molar-refractivity contribution in [3.63, 3.8) is 0 Å². The van der Waals surface area contributed by atoms with Crippen LogP contribution < -0.4 is 11.1 Å². The van der Waals surface area contributed by atoms with Crippen LogP contribution in [0, 0.1) is 0 Å². The molecular weight excluding hydrogens is 306 g/mol. The van der Waals surface area contributed by atoms with Gasteiger partial charge in [-0.2, -0.15) is 0 Å². The Hall–Kier alpha value is -3.35. The number of aromatic amines is 1. The van der Waals surface area contributed by atoms with E-state index < -0.39 is 5.76 Å². The highest BCUT2D eigenvalue weighted by Crippen LogP contribution is 2.19. The Bertz CT molecular complexity index is 1040. The predicted octanol–water partition coefficient (Wildman–Crippen LogP) is 2.53. The van der Waals surface area contributed by atoms with Crippen LogP contribution >= 0.6 is 0 Å². The molecule has 120 valence electrons. The van der Waals surface area contributed by atoms with Gasteiger partial charge in [-0.3, -0.25) is 9.51 Å². The molecule has 0 spiro atoms. The normalized spacial score (nSPS) is 11.0. The van der Waals surface area contributed by atoms with Gasteiger partial charge in [0.25, 0.3) is 0 Å². The minimum Gasteiger partial charge on any atom is -0.378 e. The van der Waals surface area contributed by atoms with Gasteiger partial charge in [0, 0.05) is 18.3 Å². The molecular formula is C17H15N5O2. The second kappa shape index (κ2) is 5.69. The van der Waals surface area contributed by atoms with E-state index in [9.17, 15) is 4.79 Å². The van der Waals surface area contributed by atoms with E-state index in [1.54, 1.807) is 0 Å². The summed E-state index contributed by atoms with van der Waals surface area (Å²) in [6.45, 7) is 0.616. The summed E-state index contributed by atoms with van der Waals surface area (Å²) in [6, 6.07) is 15.6. The fourth-order valence-electron chi connectivity index (χ4n) is 2.63. The average molecular weight is 321 g/mol. The number of H-pyrrole nitrogens is 1. The third-order valence-electron chi connectivity index (χ3n) is 3.93. The Labute approximate surface area is 136 Å². The van der Waals surface area contributed by atoms with E-state index in [-0.39, 0.29) is 0 Å². The van der Waals surface area contributed by atoms with Gasteiger partial charge < -0.3 is 9.88 Å². The molecule has 4 aromatic rings. The van der Waals surface area contributed by atoms with Crippen molar-refractivity contribution in [2.45, 2.75) is 6.54 Å². The minimum atomic E-state index is -0.561. The maximum absolute atomic E-state index is 11.0. The summed E-state index contributed by atoms with van der Waals surface area (Å²) >= 11 is 0. The summed E-state index contributed by atoms with van der Waals surface area (Å²) in [6.07, 6.45) is 0. The maximum Gasteiger partial charge on any atom is 0.439 e. The first-order valence-electron chi connectivity index (χ1n) is 7.51. The number of aromatic nitrogens is 4. The number of rotatable bonds is 4. The van der Waals surface area contributed by atoms with Gasteiger partial charge >= 0.3 is 5.76 Å². The van der Waals surface area contributed by atoms with E-state index in [0.717, 1.165) is 28.1 Å². The maximum atomic E-state index is 11.0. The third-order valence-corrected chi connectivity index (χ3v) is 3.93. The van der Waals surface area contributed by atoms with E-state index >= 15 is 0 Å². The highest BCUT2D eigenvalue weighted by atomic mass is 16.5. The number of aryl methyl sites for hydroxylation is 1. The van der Waals surface area contributed by atoms with Crippen molar-refractivity contribution < 1.29 is 4.52 Å². The van der Waals surface area contributed by atoms with E-state index in [2.05, 4.69) is 35.6 Å². The van der Waals surface area contributed by atoms with Crippen LogP contribution in [0.3, 0.4) is 0 Å². The van der Waals surface area contributed by atoms with E-state index in [0.29, 0.717) is 12.4 Å². The van der Waals surface area contributed by atoms with E-state index in [4.69, 9.17) is 0 Å². The Morgan fingerprint density at radius 1 is 1.17 bits per heavy atom. The molecule has 0 aliphatic heterocycles. The van der Waals surface area contributed by atoms with Crippen molar-refractivity contribution in [2.75, 3.05) is 5.32 Å². The van der Waals surface area contributed by atoms with Crippen LogP contribution in [0.4, 0.5) is 5.69 Å². The summed E-state index contributed by atoms with van der Waals surface area (Å²) < 4.78 is 6.59. The van der Waals surface area contributed by atoms with Crippen LogP contribution in [0.15, 0.2) is 57.8 Å². The quantitative estimate of drug-likeness (QED) is 0.603. The molecule has 7 nitrogen and oxygen atoms in total.